The summed E-state index contributed by atoms with van der Waals surface area (Å²) in [7, 11) is 0. The van der Waals surface area contributed by atoms with Crippen LogP contribution in [0.3, 0.4) is 0 Å². The molecule has 2 atom stereocenters. The maximum absolute atomic E-state index is 10.8. The zero-order chi connectivity index (χ0) is 13.7. The molecule has 3 nitrogen and oxygen atoms in total. The molecule has 2 rings (SSSR count). The van der Waals surface area contributed by atoms with Crippen molar-refractivity contribution >= 4 is 0 Å². The standard InChI is InChI=1S/C16H31NO2/c1-3-16(2,17-9-5-4-6-10-17)15(18)13-14-7-11-19-12-8-14/h14-15,18H,3-13H2,1-2H3. The number of aliphatic hydroxyl groups is 1. The highest BCUT2D eigenvalue weighted by Gasteiger charge is 2.38. The predicted octanol–water partition coefficient (Wildman–Crippen LogP) is 2.82. The molecule has 2 aliphatic rings. The fourth-order valence-corrected chi connectivity index (χ4v) is 3.63. The van der Waals surface area contributed by atoms with Crippen molar-refractivity contribution in [3.63, 3.8) is 0 Å². The van der Waals surface area contributed by atoms with E-state index < -0.39 is 0 Å². The van der Waals surface area contributed by atoms with Crippen LogP contribution in [0, 0.1) is 5.92 Å². The molecule has 0 saturated carbocycles. The molecule has 2 heterocycles. The smallest absolute Gasteiger partial charge is 0.0723 e. The zero-order valence-electron chi connectivity index (χ0n) is 12.7. The molecule has 3 heteroatoms. The molecule has 2 unspecified atom stereocenters. The molecular weight excluding hydrogens is 238 g/mol. The first-order valence-corrected chi connectivity index (χ1v) is 8.17. The topological polar surface area (TPSA) is 32.7 Å². The van der Waals surface area contributed by atoms with Gasteiger partial charge in [0.05, 0.1) is 6.10 Å². The Labute approximate surface area is 118 Å². The van der Waals surface area contributed by atoms with Crippen molar-refractivity contribution in [3.8, 4) is 0 Å². The molecule has 2 fully saturated rings. The predicted molar refractivity (Wildman–Crippen MR) is 78.3 cm³/mol. The lowest BCUT2D eigenvalue weighted by Crippen LogP contribution is -2.56. The molecule has 2 aliphatic heterocycles. The Hall–Kier alpha value is -0.120. The summed E-state index contributed by atoms with van der Waals surface area (Å²) < 4.78 is 5.42. The maximum Gasteiger partial charge on any atom is 0.0723 e. The van der Waals surface area contributed by atoms with E-state index >= 15 is 0 Å². The summed E-state index contributed by atoms with van der Waals surface area (Å²) in [5.41, 5.74) is -0.0290. The third-order valence-corrected chi connectivity index (χ3v) is 5.41. The molecule has 1 N–H and O–H groups in total. The van der Waals surface area contributed by atoms with Gasteiger partial charge in [0.15, 0.2) is 0 Å². The van der Waals surface area contributed by atoms with Crippen molar-refractivity contribution < 1.29 is 9.84 Å². The number of rotatable bonds is 5. The van der Waals surface area contributed by atoms with Crippen LogP contribution in [0.2, 0.25) is 0 Å². The van der Waals surface area contributed by atoms with Crippen LogP contribution >= 0.6 is 0 Å². The van der Waals surface area contributed by atoms with Crippen LogP contribution < -0.4 is 0 Å². The van der Waals surface area contributed by atoms with E-state index in [1.54, 1.807) is 0 Å². The summed E-state index contributed by atoms with van der Waals surface area (Å²) in [6.07, 6.45) is 7.97. The molecule has 0 amide bonds. The minimum Gasteiger partial charge on any atom is -0.391 e. The Morgan fingerprint density at radius 2 is 1.84 bits per heavy atom. The van der Waals surface area contributed by atoms with Crippen molar-refractivity contribution in [2.45, 2.75) is 70.4 Å². The second-order valence-electron chi connectivity index (χ2n) is 6.57. The highest BCUT2D eigenvalue weighted by atomic mass is 16.5. The second-order valence-corrected chi connectivity index (χ2v) is 6.57. The van der Waals surface area contributed by atoms with Gasteiger partial charge in [-0.3, -0.25) is 4.90 Å². The van der Waals surface area contributed by atoms with E-state index in [4.69, 9.17) is 4.74 Å². The van der Waals surface area contributed by atoms with E-state index in [0.717, 1.165) is 52.0 Å². The Morgan fingerprint density at radius 3 is 2.42 bits per heavy atom. The van der Waals surface area contributed by atoms with Crippen molar-refractivity contribution in [1.29, 1.82) is 0 Å². The fourth-order valence-electron chi connectivity index (χ4n) is 3.63. The van der Waals surface area contributed by atoms with Gasteiger partial charge in [-0.25, -0.2) is 0 Å². The average Bonchev–Trinajstić information content (AvgIpc) is 2.48. The van der Waals surface area contributed by atoms with Crippen LogP contribution in [-0.4, -0.2) is 48.0 Å². The Kier molecular flexibility index (Phi) is 5.67. The summed E-state index contributed by atoms with van der Waals surface area (Å²) in [6.45, 7) is 8.57. The van der Waals surface area contributed by atoms with Gasteiger partial charge < -0.3 is 9.84 Å². The monoisotopic (exact) mass is 269 g/mol. The summed E-state index contributed by atoms with van der Waals surface area (Å²) >= 11 is 0. The fraction of sp³-hybridized carbons (Fsp3) is 1.00. The van der Waals surface area contributed by atoms with Crippen LogP contribution in [0.25, 0.3) is 0 Å². The van der Waals surface area contributed by atoms with Crippen molar-refractivity contribution in [2.75, 3.05) is 26.3 Å². The molecule has 19 heavy (non-hydrogen) atoms. The zero-order valence-corrected chi connectivity index (χ0v) is 12.7. The number of likely N-dealkylation sites (tertiary alicyclic amines) is 1. The average molecular weight is 269 g/mol. The van der Waals surface area contributed by atoms with Crippen LogP contribution in [0.1, 0.15) is 58.8 Å². The molecule has 0 spiro atoms. The number of hydrogen-bond acceptors (Lipinski definition) is 3. The Balaban J connectivity index is 1.93. The lowest BCUT2D eigenvalue weighted by molar-refractivity contribution is -0.0522. The first kappa shape index (κ1) is 15.3. The largest absolute Gasteiger partial charge is 0.391 e. The first-order valence-electron chi connectivity index (χ1n) is 8.17. The SMILES string of the molecule is CCC(C)(C(O)CC1CCOCC1)N1CCCCC1. The van der Waals surface area contributed by atoms with Gasteiger partial charge in [0, 0.05) is 18.8 Å². The van der Waals surface area contributed by atoms with E-state index in [1.165, 1.54) is 19.3 Å². The van der Waals surface area contributed by atoms with E-state index in [9.17, 15) is 5.11 Å². The van der Waals surface area contributed by atoms with Gasteiger partial charge in [0.1, 0.15) is 0 Å². The van der Waals surface area contributed by atoms with Crippen molar-refractivity contribution in [3.05, 3.63) is 0 Å². The van der Waals surface area contributed by atoms with Crippen LogP contribution in [0.15, 0.2) is 0 Å². The molecule has 0 bridgehead atoms. The molecular formula is C16H31NO2. The van der Waals surface area contributed by atoms with Gasteiger partial charge in [-0.2, -0.15) is 0 Å². The minimum absolute atomic E-state index is 0.0290. The molecule has 0 aliphatic carbocycles. The highest BCUT2D eigenvalue weighted by Crippen LogP contribution is 2.32. The van der Waals surface area contributed by atoms with Gasteiger partial charge in [0.25, 0.3) is 0 Å². The normalized spacial score (nSPS) is 27.9. The van der Waals surface area contributed by atoms with E-state index in [1.807, 2.05) is 0 Å². The molecule has 0 aromatic rings. The molecule has 0 aromatic heterocycles. The Morgan fingerprint density at radius 1 is 1.21 bits per heavy atom. The molecule has 0 radical (unpaired) electrons. The maximum atomic E-state index is 10.8. The number of hydrogen-bond donors (Lipinski definition) is 1. The minimum atomic E-state index is -0.196. The van der Waals surface area contributed by atoms with Crippen LogP contribution in [-0.2, 0) is 4.74 Å². The van der Waals surface area contributed by atoms with Crippen LogP contribution in [0.5, 0.6) is 0 Å². The molecule has 0 aromatic carbocycles. The summed E-state index contributed by atoms with van der Waals surface area (Å²) in [5, 5.41) is 10.8. The summed E-state index contributed by atoms with van der Waals surface area (Å²) in [6, 6.07) is 0. The van der Waals surface area contributed by atoms with Gasteiger partial charge in [-0.05, 0) is 64.5 Å². The quantitative estimate of drug-likeness (QED) is 0.833. The molecule has 2 saturated heterocycles. The van der Waals surface area contributed by atoms with Crippen molar-refractivity contribution in [1.82, 2.24) is 4.90 Å². The van der Waals surface area contributed by atoms with E-state index in [0.29, 0.717) is 5.92 Å². The van der Waals surface area contributed by atoms with Gasteiger partial charge >= 0.3 is 0 Å². The van der Waals surface area contributed by atoms with Crippen molar-refractivity contribution in [2.24, 2.45) is 5.92 Å². The first-order chi connectivity index (χ1) is 9.16. The second kappa shape index (κ2) is 7.05. The number of piperidine rings is 1. The number of nitrogens with zero attached hydrogens (tertiary/aromatic N) is 1. The van der Waals surface area contributed by atoms with Gasteiger partial charge in [0.2, 0.25) is 0 Å². The highest BCUT2D eigenvalue weighted by molar-refractivity contribution is 4.94. The van der Waals surface area contributed by atoms with Gasteiger partial charge in [-0.15, -0.1) is 0 Å². The number of ether oxygens (including phenoxy) is 1. The lowest BCUT2D eigenvalue weighted by Gasteiger charge is -2.47. The summed E-state index contributed by atoms with van der Waals surface area (Å²) in [5.74, 6) is 0.652. The third kappa shape index (κ3) is 3.71. The third-order valence-electron chi connectivity index (χ3n) is 5.41. The lowest BCUT2D eigenvalue weighted by atomic mass is 9.81. The van der Waals surface area contributed by atoms with E-state index in [-0.39, 0.29) is 11.6 Å². The summed E-state index contributed by atoms with van der Waals surface area (Å²) in [4.78, 5) is 2.54. The van der Waals surface area contributed by atoms with Crippen LogP contribution in [0.4, 0.5) is 0 Å². The van der Waals surface area contributed by atoms with E-state index in [2.05, 4.69) is 18.7 Å². The molecule has 112 valence electrons. The Bertz CT molecular complexity index is 259. The number of aliphatic hydroxyl groups excluding tert-OH is 1. The van der Waals surface area contributed by atoms with Gasteiger partial charge in [-0.1, -0.05) is 13.3 Å².